The number of ether oxygens (including phenoxy) is 1. The van der Waals surface area contributed by atoms with Crippen molar-refractivity contribution in [1.29, 1.82) is 0 Å². The van der Waals surface area contributed by atoms with Crippen LogP contribution in [0.25, 0.3) is 6.08 Å². The minimum atomic E-state index is -1.31. The number of Topliss-reactive ketones (excluding diaryl/α,β-unsaturated/α-hetero) is 1. The molecule has 1 aromatic heterocycles. The number of carboxylic acid groups (broad SMARTS) is 1. The third-order valence-electron chi connectivity index (χ3n) is 4.20. The number of carbonyl (C=O) groups is 3. The number of carbonyl (C=O) groups excluding carboxylic acids is 3. The van der Waals surface area contributed by atoms with Crippen LogP contribution in [0.3, 0.4) is 0 Å². The van der Waals surface area contributed by atoms with Gasteiger partial charge in [-0.2, -0.15) is 0 Å². The lowest BCUT2D eigenvalue weighted by Gasteiger charge is -2.10. The molecule has 7 heteroatoms. The molecule has 0 saturated carbocycles. The van der Waals surface area contributed by atoms with E-state index in [9.17, 15) is 19.5 Å². The van der Waals surface area contributed by atoms with E-state index in [0.29, 0.717) is 17.0 Å². The summed E-state index contributed by atoms with van der Waals surface area (Å²) in [5, 5.41) is 13.6. The number of pyridine rings is 1. The molecule has 7 nitrogen and oxygen atoms in total. The Bertz CT molecular complexity index is 1110. The van der Waals surface area contributed by atoms with Gasteiger partial charge in [0.15, 0.2) is 5.78 Å². The highest BCUT2D eigenvalue weighted by atomic mass is 16.5. The molecule has 0 aliphatic heterocycles. The van der Waals surface area contributed by atoms with Crippen LogP contribution in [-0.2, 0) is 4.79 Å². The van der Waals surface area contributed by atoms with E-state index in [1.807, 2.05) is 0 Å². The molecule has 0 spiro atoms. The Labute approximate surface area is 172 Å². The Morgan fingerprint density at radius 3 is 2.40 bits per heavy atom. The molecule has 0 fully saturated rings. The van der Waals surface area contributed by atoms with Crippen LogP contribution in [0, 0.1) is 0 Å². The zero-order valence-electron chi connectivity index (χ0n) is 16.0. The highest BCUT2D eigenvalue weighted by Gasteiger charge is 2.20. The number of nitrogens with one attached hydrogen (secondary N) is 1. The normalized spacial score (nSPS) is 10.9. The van der Waals surface area contributed by atoms with Crippen LogP contribution in [0.4, 0.5) is 5.69 Å². The Hall–Kier alpha value is -4.26. The number of hydrogen-bond donors (Lipinski definition) is 1. The van der Waals surface area contributed by atoms with E-state index < -0.39 is 17.7 Å². The molecule has 1 N–H and O–H groups in total. The van der Waals surface area contributed by atoms with Crippen LogP contribution in [0.15, 0.2) is 78.6 Å². The van der Waals surface area contributed by atoms with Crippen LogP contribution in [0.1, 0.15) is 26.3 Å². The summed E-state index contributed by atoms with van der Waals surface area (Å²) >= 11 is 0. The third kappa shape index (κ3) is 4.96. The fourth-order valence-electron chi connectivity index (χ4n) is 2.67. The summed E-state index contributed by atoms with van der Waals surface area (Å²) in [5.41, 5.74) is 1.04. The molecular formula is C23H17N2O5-. The van der Waals surface area contributed by atoms with Gasteiger partial charge >= 0.3 is 0 Å². The van der Waals surface area contributed by atoms with E-state index in [0.717, 1.165) is 0 Å². The van der Waals surface area contributed by atoms with E-state index in [2.05, 4.69) is 10.3 Å². The fourth-order valence-corrected chi connectivity index (χ4v) is 2.67. The first-order chi connectivity index (χ1) is 14.5. The number of nitrogens with zero attached hydrogens (tertiary/aromatic N) is 1. The van der Waals surface area contributed by atoms with Crippen molar-refractivity contribution in [3.05, 3.63) is 95.3 Å². The Balaban J connectivity index is 1.97. The molecule has 3 aromatic rings. The maximum atomic E-state index is 13.0. The standard InChI is InChI=1S/C23H18N2O5/c1-30-19-6-2-5-18(13-19)25-22(27)20(21(26)17-4-3-11-24-14-17)12-15-7-9-16(10-8-15)23(28)29/h2-14H,1H3,(H,25,27)(H,28,29)/p-1/b20-12+. The summed E-state index contributed by atoms with van der Waals surface area (Å²) in [7, 11) is 1.51. The molecule has 1 amide bonds. The second kappa shape index (κ2) is 9.29. The third-order valence-corrected chi connectivity index (χ3v) is 4.20. The minimum absolute atomic E-state index is 0.00637. The number of carboxylic acids is 1. The molecule has 0 aliphatic carbocycles. The molecular weight excluding hydrogens is 384 g/mol. The number of ketones is 1. The van der Waals surface area contributed by atoms with Gasteiger partial charge in [0.2, 0.25) is 0 Å². The number of rotatable bonds is 7. The van der Waals surface area contributed by atoms with Crippen molar-refractivity contribution in [2.75, 3.05) is 12.4 Å². The van der Waals surface area contributed by atoms with Crippen LogP contribution in [-0.4, -0.2) is 29.8 Å². The van der Waals surface area contributed by atoms with E-state index in [1.54, 1.807) is 36.4 Å². The minimum Gasteiger partial charge on any atom is -0.545 e. The van der Waals surface area contributed by atoms with Crippen molar-refractivity contribution in [3.63, 3.8) is 0 Å². The predicted molar refractivity (Wildman–Crippen MR) is 109 cm³/mol. The van der Waals surface area contributed by atoms with Crippen molar-refractivity contribution in [1.82, 2.24) is 4.98 Å². The number of methoxy groups -OCH3 is 1. The van der Waals surface area contributed by atoms with Gasteiger partial charge in [-0.15, -0.1) is 0 Å². The van der Waals surface area contributed by atoms with Gasteiger partial charge in [-0.25, -0.2) is 0 Å². The van der Waals surface area contributed by atoms with E-state index in [-0.39, 0.29) is 16.7 Å². The lowest BCUT2D eigenvalue weighted by atomic mass is 10.0. The van der Waals surface area contributed by atoms with Gasteiger partial charge in [0.1, 0.15) is 5.75 Å². The Morgan fingerprint density at radius 1 is 1.00 bits per heavy atom. The number of amides is 1. The average Bonchev–Trinajstić information content (AvgIpc) is 2.78. The van der Waals surface area contributed by atoms with Gasteiger partial charge in [0.25, 0.3) is 5.91 Å². The van der Waals surface area contributed by atoms with Crippen LogP contribution >= 0.6 is 0 Å². The van der Waals surface area contributed by atoms with Crippen molar-refractivity contribution in [2.45, 2.75) is 0 Å². The van der Waals surface area contributed by atoms with Gasteiger partial charge in [-0.05, 0) is 41.5 Å². The highest BCUT2D eigenvalue weighted by molar-refractivity contribution is 6.31. The van der Waals surface area contributed by atoms with E-state index >= 15 is 0 Å². The van der Waals surface area contributed by atoms with Crippen LogP contribution in [0.2, 0.25) is 0 Å². The van der Waals surface area contributed by atoms with Crippen molar-refractivity contribution < 1.29 is 24.2 Å². The summed E-state index contributed by atoms with van der Waals surface area (Å²) < 4.78 is 5.15. The molecule has 2 aromatic carbocycles. The second-order valence-electron chi connectivity index (χ2n) is 6.22. The zero-order chi connectivity index (χ0) is 21.5. The highest BCUT2D eigenvalue weighted by Crippen LogP contribution is 2.20. The lowest BCUT2D eigenvalue weighted by molar-refractivity contribution is -0.255. The summed E-state index contributed by atoms with van der Waals surface area (Å²) in [6.45, 7) is 0. The summed E-state index contributed by atoms with van der Waals surface area (Å²) in [5.74, 6) is -1.91. The quantitative estimate of drug-likeness (QED) is 0.282. The van der Waals surface area contributed by atoms with Crippen molar-refractivity contribution in [2.24, 2.45) is 0 Å². The first-order valence-electron chi connectivity index (χ1n) is 8.91. The summed E-state index contributed by atoms with van der Waals surface area (Å²) in [4.78, 5) is 40.8. The lowest BCUT2D eigenvalue weighted by Crippen LogP contribution is -2.22. The molecule has 0 saturated heterocycles. The monoisotopic (exact) mass is 401 g/mol. The molecule has 0 unspecified atom stereocenters. The summed E-state index contributed by atoms with van der Waals surface area (Å²) in [6.07, 6.45) is 4.28. The van der Waals surface area contributed by atoms with Gasteiger partial charge < -0.3 is 20.0 Å². The molecule has 0 aliphatic rings. The van der Waals surface area contributed by atoms with Crippen molar-refractivity contribution >= 4 is 29.4 Å². The summed E-state index contributed by atoms with van der Waals surface area (Å²) in [6, 6.07) is 15.5. The number of aromatic nitrogens is 1. The molecule has 1 heterocycles. The smallest absolute Gasteiger partial charge is 0.259 e. The Kier molecular flexibility index (Phi) is 6.34. The van der Waals surface area contributed by atoms with Gasteiger partial charge in [0.05, 0.1) is 18.7 Å². The van der Waals surface area contributed by atoms with Crippen LogP contribution < -0.4 is 15.2 Å². The maximum Gasteiger partial charge on any atom is 0.259 e. The first-order valence-corrected chi connectivity index (χ1v) is 8.91. The predicted octanol–water partition coefficient (Wildman–Crippen LogP) is 2.36. The number of hydrogen-bond acceptors (Lipinski definition) is 6. The molecule has 30 heavy (non-hydrogen) atoms. The molecule has 150 valence electrons. The average molecular weight is 401 g/mol. The van der Waals surface area contributed by atoms with Gasteiger partial charge in [-0.3, -0.25) is 14.6 Å². The SMILES string of the molecule is COc1cccc(NC(=O)/C(=C/c2ccc(C(=O)[O-])cc2)C(=O)c2cccnc2)c1. The topological polar surface area (TPSA) is 108 Å². The fraction of sp³-hybridized carbons (Fsp3) is 0.0435. The number of benzene rings is 2. The zero-order valence-corrected chi connectivity index (χ0v) is 16.0. The van der Waals surface area contributed by atoms with E-state index in [1.165, 1.54) is 49.8 Å². The number of aromatic carboxylic acids is 1. The largest absolute Gasteiger partial charge is 0.545 e. The maximum absolute atomic E-state index is 13.0. The Morgan fingerprint density at radius 2 is 1.77 bits per heavy atom. The van der Waals surface area contributed by atoms with Crippen molar-refractivity contribution in [3.8, 4) is 5.75 Å². The first kappa shape index (κ1) is 20.5. The molecule has 0 radical (unpaired) electrons. The number of anilines is 1. The molecule has 0 bridgehead atoms. The van der Waals surface area contributed by atoms with Gasteiger partial charge in [-0.1, -0.05) is 30.3 Å². The van der Waals surface area contributed by atoms with E-state index in [4.69, 9.17) is 4.74 Å². The molecule has 0 atom stereocenters. The molecule has 3 rings (SSSR count). The second-order valence-corrected chi connectivity index (χ2v) is 6.22. The van der Waals surface area contributed by atoms with Crippen LogP contribution in [0.5, 0.6) is 5.75 Å². The van der Waals surface area contributed by atoms with Gasteiger partial charge in [0, 0.05) is 29.7 Å².